The minimum Gasteiger partial charge on any atom is -0.454 e. The lowest BCUT2D eigenvalue weighted by atomic mass is 10.2. The van der Waals surface area contributed by atoms with Gasteiger partial charge < -0.3 is 10.1 Å². The summed E-state index contributed by atoms with van der Waals surface area (Å²) in [4.78, 5) is 8.43. The molecule has 1 aliphatic carbocycles. The van der Waals surface area contributed by atoms with Crippen molar-refractivity contribution in [3.05, 3.63) is 48.0 Å². The topological polar surface area (TPSA) is 47.0 Å². The fraction of sp³-hybridized carbons (Fsp3) is 0.333. The first kappa shape index (κ1) is 12.1. The van der Waals surface area contributed by atoms with E-state index in [1.54, 1.807) is 12.4 Å². The smallest absolute Gasteiger partial charge is 0.148 e. The van der Waals surface area contributed by atoms with Crippen LogP contribution in [0, 0.1) is 6.92 Å². The maximum Gasteiger partial charge on any atom is 0.148 e. The molecular weight excluding hydrogens is 238 g/mol. The van der Waals surface area contributed by atoms with Gasteiger partial charge in [-0.3, -0.25) is 9.97 Å². The Balaban J connectivity index is 1.70. The Kier molecular flexibility index (Phi) is 3.42. The molecule has 1 N–H and O–H groups in total. The molecule has 0 saturated heterocycles. The van der Waals surface area contributed by atoms with Crippen molar-refractivity contribution in [3.8, 4) is 11.5 Å². The Morgan fingerprint density at radius 3 is 3.05 bits per heavy atom. The van der Waals surface area contributed by atoms with Crippen LogP contribution in [0.3, 0.4) is 0 Å². The number of hydrogen-bond donors (Lipinski definition) is 1. The number of hydrogen-bond acceptors (Lipinski definition) is 4. The van der Waals surface area contributed by atoms with E-state index in [2.05, 4.69) is 15.3 Å². The number of aromatic nitrogens is 2. The van der Waals surface area contributed by atoms with Crippen LogP contribution in [0.2, 0.25) is 0 Å². The number of pyridine rings is 2. The first-order valence-corrected chi connectivity index (χ1v) is 6.58. The summed E-state index contributed by atoms with van der Waals surface area (Å²) < 4.78 is 5.82. The zero-order chi connectivity index (χ0) is 13.1. The predicted molar refractivity (Wildman–Crippen MR) is 73.1 cm³/mol. The summed E-state index contributed by atoms with van der Waals surface area (Å²) in [5.41, 5.74) is 2.02. The van der Waals surface area contributed by atoms with Crippen molar-refractivity contribution in [1.29, 1.82) is 0 Å². The molecule has 2 aromatic rings. The molecule has 1 saturated carbocycles. The van der Waals surface area contributed by atoms with E-state index in [1.165, 1.54) is 12.8 Å². The van der Waals surface area contributed by atoms with Gasteiger partial charge in [0.1, 0.15) is 11.5 Å². The minimum atomic E-state index is 0.699. The average molecular weight is 255 g/mol. The Labute approximate surface area is 112 Å². The lowest BCUT2D eigenvalue weighted by molar-refractivity contribution is 0.472. The van der Waals surface area contributed by atoms with E-state index in [4.69, 9.17) is 4.74 Å². The van der Waals surface area contributed by atoms with Gasteiger partial charge in [-0.2, -0.15) is 0 Å². The van der Waals surface area contributed by atoms with Crippen molar-refractivity contribution in [1.82, 2.24) is 15.3 Å². The number of ether oxygens (including phenoxy) is 1. The Hall–Kier alpha value is -1.94. The predicted octanol–water partition coefficient (Wildman–Crippen LogP) is 2.83. The second-order valence-electron chi connectivity index (χ2n) is 4.87. The van der Waals surface area contributed by atoms with Crippen LogP contribution in [0.25, 0.3) is 0 Å². The van der Waals surface area contributed by atoms with Crippen LogP contribution < -0.4 is 10.1 Å². The molecule has 0 aliphatic heterocycles. The van der Waals surface area contributed by atoms with Crippen molar-refractivity contribution in [3.63, 3.8) is 0 Å². The molecule has 2 heterocycles. The summed E-state index contributed by atoms with van der Waals surface area (Å²) in [6.07, 6.45) is 7.94. The molecule has 0 amide bonds. The first-order valence-electron chi connectivity index (χ1n) is 6.58. The van der Waals surface area contributed by atoms with Gasteiger partial charge in [-0.25, -0.2) is 0 Å². The molecule has 0 atom stereocenters. The number of rotatable bonds is 5. The highest BCUT2D eigenvalue weighted by atomic mass is 16.5. The highest BCUT2D eigenvalue weighted by Gasteiger charge is 2.19. The summed E-state index contributed by atoms with van der Waals surface area (Å²) in [5, 5.41) is 3.47. The monoisotopic (exact) mass is 255 g/mol. The summed E-state index contributed by atoms with van der Waals surface area (Å²) in [6.45, 7) is 2.78. The number of nitrogens with zero attached hydrogens (tertiary/aromatic N) is 2. The first-order chi connectivity index (χ1) is 9.31. The van der Waals surface area contributed by atoms with E-state index in [0.717, 1.165) is 29.3 Å². The van der Waals surface area contributed by atoms with Crippen LogP contribution >= 0.6 is 0 Å². The van der Waals surface area contributed by atoms with Crippen LogP contribution in [0.15, 0.2) is 36.8 Å². The third-order valence-corrected chi connectivity index (χ3v) is 3.13. The largest absolute Gasteiger partial charge is 0.454 e. The van der Waals surface area contributed by atoms with Crippen LogP contribution in [-0.2, 0) is 6.54 Å². The van der Waals surface area contributed by atoms with E-state index >= 15 is 0 Å². The molecule has 0 radical (unpaired) electrons. The van der Waals surface area contributed by atoms with Crippen molar-refractivity contribution < 1.29 is 4.74 Å². The zero-order valence-corrected chi connectivity index (χ0v) is 11.0. The van der Waals surface area contributed by atoms with Crippen molar-refractivity contribution in [2.24, 2.45) is 0 Å². The fourth-order valence-electron chi connectivity index (χ4n) is 1.87. The van der Waals surface area contributed by atoms with E-state index in [1.807, 2.05) is 31.3 Å². The molecular formula is C15H17N3O. The highest BCUT2D eigenvalue weighted by molar-refractivity contribution is 5.33. The Bertz CT molecular complexity index is 567. The molecule has 4 heteroatoms. The van der Waals surface area contributed by atoms with Gasteiger partial charge in [0.05, 0.1) is 11.9 Å². The zero-order valence-electron chi connectivity index (χ0n) is 11.0. The van der Waals surface area contributed by atoms with Crippen LogP contribution in [0.5, 0.6) is 11.5 Å². The molecule has 0 spiro atoms. The molecule has 98 valence electrons. The molecule has 2 aromatic heterocycles. The number of nitrogens with one attached hydrogen (secondary N) is 1. The fourth-order valence-corrected chi connectivity index (χ4v) is 1.87. The van der Waals surface area contributed by atoms with Gasteiger partial charge in [0.25, 0.3) is 0 Å². The molecule has 1 fully saturated rings. The normalized spacial score (nSPS) is 14.4. The summed E-state index contributed by atoms with van der Waals surface area (Å²) in [5.74, 6) is 1.53. The molecule has 1 aliphatic rings. The standard InChI is InChI=1S/C15H17N3O/c1-11-15(3-2-6-17-11)19-14-7-12(8-16-10-14)9-18-13-4-5-13/h2-3,6-8,10,13,18H,4-5,9H2,1H3. The van der Waals surface area contributed by atoms with Crippen LogP contribution in [-0.4, -0.2) is 16.0 Å². The van der Waals surface area contributed by atoms with Crippen molar-refractivity contribution in [2.45, 2.75) is 32.4 Å². The second-order valence-corrected chi connectivity index (χ2v) is 4.87. The van der Waals surface area contributed by atoms with E-state index < -0.39 is 0 Å². The summed E-state index contributed by atoms with van der Waals surface area (Å²) >= 11 is 0. The van der Waals surface area contributed by atoms with E-state index in [-0.39, 0.29) is 0 Å². The van der Waals surface area contributed by atoms with Gasteiger partial charge in [0, 0.05) is 25.0 Å². The maximum absolute atomic E-state index is 5.82. The third-order valence-electron chi connectivity index (χ3n) is 3.13. The van der Waals surface area contributed by atoms with Gasteiger partial charge in [0.2, 0.25) is 0 Å². The lowest BCUT2D eigenvalue weighted by Crippen LogP contribution is -2.15. The van der Waals surface area contributed by atoms with E-state index in [0.29, 0.717) is 6.04 Å². The quantitative estimate of drug-likeness (QED) is 0.892. The van der Waals surface area contributed by atoms with Crippen molar-refractivity contribution >= 4 is 0 Å². The Morgan fingerprint density at radius 2 is 2.26 bits per heavy atom. The Morgan fingerprint density at radius 1 is 1.37 bits per heavy atom. The van der Waals surface area contributed by atoms with Crippen molar-refractivity contribution in [2.75, 3.05) is 0 Å². The molecule has 19 heavy (non-hydrogen) atoms. The molecule has 3 rings (SSSR count). The van der Waals surface area contributed by atoms with Crippen LogP contribution in [0.1, 0.15) is 24.1 Å². The summed E-state index contributed by atoms with van der Waals surface area (Å²) in [7, 11) is 0. The van der Waals surface area contributed by atoms with Gasteiger partial charge in [-0.15, -0.1) is 0 Å². The SMILES string of the molecule is Cc1ncccc1Oc1cncc(CNC2CC2)c1. The van der Waals surface area contributed by atoms with Gasteiger partial charge in [0.15, 0.2) is 0 Å². The highest BCUT2D eigenvalue weighted by Crippen LogP contribution is 2.24. The molecule has 0 aromatic carbocycles. The van der Waals surface area contributed by atoms with E-state index in [9.17, 15) is 0 Å². The molecule has 4 nitrogen and oxygen atoms in total. The summed E-state index contributed by atoms with van der Waals surface area (Å²) in [6, 6.07) is 6.51. The number of aryl methyl sites for hydroxylation is 1. The maximum atomic E-state index is 5.82. The van der Waals surface area contributed by atoms with Gasteiger partial charge >= 0.3 is 0 Å². The molecule has 0 unspecified atom stereocenters. The second kappa shape index (κ2) is 5.36. The third kappa shape index (κ3) is 3.29. The lowest BCUT2D eigenvalue weighted by Gasteiger charge is -2.09. The minimum absolute atomic E-state index is 0.699. The van der Waals surface area contributed by atoms with Gasteiger partial charge in [-0.05, 0) is 43.5 Å². The van der Waals surface area contributed by atoms with Gasteiger partial charge in [-0.1, -0.05) is 0 Å². The average Bonchev–Trinajstić information content (AvgIpc) is 3.24. The molecule has 0 bridgehead atoms. The van der Waals surface area contributed by atoms with Crippen LogP contribution in [0.4, 0.5) is 0 Å².